The molecule has 102 valence electrons. The van der Waals surface area contributed by atoms with E-state index in [0.29, 0.717) is 6.54 Å². The van der Waals surface area contributed by atoms with Crippen LogP contribution in [0.1, 0.15) is 46.6 Å². The molecule has 0 aliphatic heterocycles. The maximum absolute atomic E-state index is 12.4. The molecule has 1 aromatic heterocycles. The summed E-state index contributed by atoms with van der Waals surface area (Å²) < 4.78 is 1.80. The van der Waals surface area contributed by atoms with Gasteiger partial charge in [0.15, 0.2) is 0 Å². The number of nitrogens with zero attached hydrogens (tertiary/aromatic N) is 2. The molecule has 5 heteroatoms. The van der Waals surface area contributed by atoms with Gasteiger partial charge in [0.05, 0.1) is 11.6 Å². The molecule has 0 atom stereocenters. The highest BCUT2D eigenvalue weighted by molar-refractivity contribution is 5.94. The average Bonchev–Trinajstić information content (AvgIpc) is 2.80. The molecule has 0 aromatic carbocycles. The van der Waals surface area contributed by atoms with E-state index in [1.165, 1.54) is 0 Å². The van der Waals surface area contributed by atoms with Gasteiger partial charge in [0.25, 0.3) is 0 Å². The van der Waals surface area contributed by atoms with Gasteiger partial charge in [0, 0.05) is 18.7 Å². The molecule has 0 aliphatic carbocycles. The lowest BCUT2D eigenvalue weighted by atomic mass is 9.81. The Morgan fingerprint density at radius 2 is 2.11 bits per heavy atom. The summed E-state index contributed by atoms with van der Waals surface area (Å²) in [6.07, 6.45) is 3.17. The van der Waals surface area contributed by atoms with E-state index in [4.69, 9.17) is 5.73 Å². The molecule has 0 saturated heterocycles. The second kappa shape index (κ2) is 6.00. The van der Waals surface area contributed by atoms with E-state index in [-0.39, 0.29) is 11.9 Å². The van der Waals surface area contributed by atoms with Gasteiger partial charge in [-0.25, -0.2) is 4.68 Å². The molecule has 3 N–H and O–H groups in total. The minimum atomic E-state index is -0.480. The summed E-state index contributed by atoms with van der Waals surface area (Å²) in [4.78, 5) is 12.4. The third kappa shape index (κ3) is 2.72. The van der Waals surface area contributed by atoms with Crippen molar-refractivity contribution in [1.29, 1.82) is 0 Å². The predicted octanol–water partition coefficient (Wildman–Crippen LogP) is 2.17. The van der Waals surface area contributed by atoms with Crippen molar-refractivity contribution in [2.24, 2.45) is 11.1 Å². The smallest absolute Gasteiger partial charge is 0.232 e. The van der Waals surface area contributed by atoms with Crippen molar-refractivity contribution < 1.29 is 4.79 Å². The number of carbonyl (C=O) groups is 1. The second-order valence-corrected chi connectivity index (χ2v) is 4.90. The molecule has 1 amide bonds. The number of anilines is 1. The first-order valence-electron chi connectivity index (χ1n) is 6.55. The Kier molecular flexibility index (Phi) is 4.90. The van der Waals surface area contributed by atoms with E-state index < -0.39 is 5.41 Å². The normalized spacial score (nSPS) is 11.9. The highest BCUT2D eigenvalue weighted by atomic mass is 16.2. The topological polar surface area (TPSA) is 72.9 Å². The number of nitrogens with two attached hydrogens (primary N) is 1. The van der Waals surface area contributed by atoms with Gasteiger partial charge in [-0.2, -0.15) is 5.10 Å². The van der Waals surface area contributed by atoms with Crippen LogP contribution < -0.4 is 11.1 Å². The fraction of sp³-hybridized carbons (Fsp3) is 0.692. The highest BCUT2D eigenvalue weighted by Crippen LogP contribution is 2.27. The molecule has 0 aliphatic rings. The van der Waals surface area contributed by atoms with Crippen LogP contribution >= 0.6 is 0 Å². The summed E-state index contributed by atoms with van der Waals surface area (Å²) >= 11 is 0. The van der Waals surface area contributed by atoms with E-state index in [1.807, 2.05) is 33.8 Å². The maximum atomic E-state index is 12.4. The Bertz CT molecular complexity index is 385. The summed E-state index contributed by atoms with van der Waals surface area (Å²) in [7, 11) is 0. The number of amides is 1. The Labute approximate surface area is 109 Å². The van der Waals surface area contributed by atoms with Crippen molar-refractivity contribution in [3.05, 3.63) is 12.3 Å². The highest BCUT2D eigenvalue weighted by Gasteiger charge is 2.33. The summed E-state index contributed by atoms with van der Waals surface area (Å²) in [5.41, 5.74) is 5.29. The van der Waals surface area contributed by atoms with Gasteiger partial charge < -0.3 is 11.1 Å². The van der Waals surface area contributed by atoms with Crippen molar-refractivity contribution in [2.45, 2.75) is 46.6 Å². The summed E-state index contributed by atoms with van der Waals surface area (Å²) in [5.74, 6) is 0.715. The lowest BCUT2D eigenvalue weighted by Gasteiger charge is -2.28. The van der Waals surface area contributed by atoms with Crippen molar-refractivity contribution in [3.8, 4) is 0 Å². The van der Waals surface area contributed by atoms with Crippen LogP contribution in [0.5, 0.6) is 0 Å². The van der Waals surface area contributed by atoms with Gasteiger partial charge >= 0.3 is 0 Å². The van der Waals surface area contributed by atoms with E-state index in [0.717, 1.165) is 18.7 Å². The Morgan fingerprint density at radius 1 is 1.50 bits per heavy atom. The molecule has 18 heavy (non-hydrogen) atoms. The zero-order chi connectivity index (χ0) is 13.8. The van der Waals surface area contributed by atoms with Crippen LogP contribution in [0.15, 0.2) is 12.3 Å². The van der Waals surface area contributed by atoms with Gasteiger partial charge in [-0.3, -0.25) is 4.79 Å². The predicted molar refractivity (Wildman–Crippen MR) is 73.3 cm³/mol. The minimum Gasteiger partial charge on any atom is -0.329 e. The number of aromatic nitrogens is 2. The average molecular weight is 252 g/mol. The molecule has 1 rings (SSSR count). The summed E-state index contributed by atoms with van der Waals surface area (Å²) in [6, 6.07) is 2.02. The second-order valence-electron chi connectivity index (χ2n) is 4.90. The van der Waals surface area contributed by atoms with Crippen LogP contribution in [0.4, 0.5) is 5.82 Å². The molecule has 0 spiro atoms. The van der Waals surface area contributed by atoms with Crippen LogP contribution in [0.25, 0.3) is 0 Å². The monoisotopic (exact) mass is 252 g/mol. The fourth-order valence-electron chi connectivity index (χ4n) is 2.03. The molecule has 0 bridgehead atoms. The van der Waals surface area contributed by atoms with Gasteiger partial charge in [-0.15, -0.1) is 0 Å². The van der Waals surface area contributed by atoms with Gasteiger partial charge in [0.2, 0.25) is 5.91 Å². The molecule has 5 nitrogen and oxygen atoms in total. The zero-order valence-electron chi connectivity index (χ0n) is 11.7. The van der Waals surface area contributed by atoms with Crippen LogP contribution in [0.2, 0.25) is 0 Å². The molecular formula is C13H24N4O. The molecular weight excluding hydrogens is 228 g/mol. The first-order chi connectivity index (χ1) is 8.50. The summed E-state index contributed by atoms with van der Waals surface area (Å²) in [6.45, 7) is 8.41. The number of rotatable bonds is 6. The summed E-state index contributed by atoms with van der Waals surface area (Å²) in [5, 5.41) is 7.15. The van der Waals surface area contributed by atoms with Crippen molar-refractivity contribution >= 4 is 11.7 Å². The molecule has 0 unspecified atom stereocenters. The standard InChI is InChI=1S/C13H24N4O/c1-5-13(6-2,9-14)12(18)16-11-7-8-15-17(11)10(3)4/h7-8,10H,5-6,9,14H2,1-4H3,(H,16,18). The third-order valence-corrected chi connectivity index (χ3v) is 3.63. The van der Waals surface area contributed by atoms with Crippen LogP contribution in [-0.2, 0) is 4.79 Å². The Hall–Kier alpha value is -1.36. The van der Waals surface area contributed by atoms with Gasteiger partial charge in [-0.1, -0.05) is 13.8 Å². The quantitative estimate of drug-likeness (QED) is 0.815. The molecule has 0 saturated carbocycles. The lowest BCUT2D eigenvalue weighted by molar-refractivity contribution is -0.125. The SMILES string of the molecule is CCC(CC)(CN)C(=O)Nc1ccnn1C(C)C. The Morgan fingerprint density at radius 3 is 2.56 bits per heavy atom. The first kappa shape index (κ1) is 14.7. The van der Waals surface area contributed by atoms with Crippen LogP contribution in [0.3, 0.4) is 0 Å². The number of carbonyl (C=O) groups excluding carboxylic acids is 1. The molecule has 0 radical (unpaired) electrons. The van der Waals surface area contributed by atoms with Crippen LogP contribution in [-0.4, -0.2) is 22.2 Å². The van der Waals surface area contributed by atoms with Gasteiger partial charge in [-0.05, 0) is 26.7 Å². The minimum absolute atomic E-state index is 0.0163. The maximum Gasteiger partial charge on any atom is 0.232 e. The molecule has 1 aromatic rings. The van der Waals surface area contributed by atoms with Crippen LogP contribution in [0, 0.1) is 5.41 Å². The Balaban J connectivity index is 2.90. The number of hydrogen-bond donors (Lipinski definition) is 2. The van der Waals surface area contributed by atoms with E-state index in [1.54, 1.807) is 10.9 Å². The molecule has 0 fully saturated rings. The lowest BCUT2D eigenvalue weighted by Crippen LogP contribution is -2.42. The first-order valence-corrected chi connectivity index (χ1v) is 6.55. The molecule has 1 heterocycles. The third-order valence-electron chi connectivity index (χ3n) is 3.63. The largest absolute Gasteiger partial charge is 0.329 e. The number of hydrogen-bond acceptors (Lipinski definition) is 3. The van der Waals surface area contributed by atoms with E-state index in [2.05, 4.69) is 10.4 Å². The van der Waals surface area contributed by atoms with Gasteiger partial charge in [0.1, 0.15) is 5.82 Å². The van der Waals surface area contributed by atoms with E-state index >= 15 is 0 Å². The van der Waals surface area contributed by atoms with Crippen molar-refractivity contribution in [3.63, 3.8) is 0 Å². The van der Waals surface area contributed by atoms with Crippen molar-refractivity contribution in [2.75, 3.05) is 11.9 Å². The van der Waals surface area contributed by atoms with E-state index in [9.17, 15) is 4.79 Å². The zero-order valence-corrected chi connectivity index (χ0v) is 11.7. The fourth-order valence-corrected chi connectivity index (χ4v) is 2.03. The van der Waals surface area contributed by atoms with Crippen molar-refractivity contribution in [1.82, 2.24) is 9.78 Å². The number of nitrogens with one attached hydrogen (secondary N) is 1.